The minimum atomic E-state index is -3.53. The normalized spacial score (nSPS) is 17.7. The number of aryl methyl sites for hydroxylation is 1. The fraction of sp³-hybridized carbons (Fsp3) is 0.571. The SMILES string of the molecule is C[C@H]1CCCN(CCCNC(=O)CCc2nc(CS(=O)(=O)c3ccccc3)no2)C1. The molecule has 1 amide bonds. The summed E-state index contributed by atoms with van der Waals surface area (Å²) in [6.07, 6.45) is 4.01. The Morgan fingerprint density at radius 2 is 2.10 bits per heavy atom. The molecule has 1 aliphatic heterocycles. The second-order valence-corrected chi connectivity index (χ2v) is 9.92. The van der Waals surface area contributed by atoms with Crippen molar-refractivity contribution in [2.75, 3.05) is 26.2 Å². The molecule has 0 spiro atoms. The molecule has 0 unspecified atom stereocenters. The second kappa shape index (κ2) is 10.7. The molecule has 9 heteroatoms. The molecule has 30 heavy (non-hydrogen) atoms. The number of rotatable bonds is 10. The van der Waals surface area contributed by atoms with Gasteiger partial charge in [0, 0.05) is 25.9 Å². The minimum Gasteiger partial charge on any atom is -0.356 e. The molecular formula is C21H30N4O4S. The lowest BCUT2D eigenvalue weighted by atomic mass is 10.0. The highest BCUT2D eigenvalue weighted by Crippen LogP contribution is 2.16. The third kappa shape index (κ3) is 6.91. The van der Waals surface area contributed by atoms with Gasteiger partial charge in [-0.2, -0.15) is 4.98 Å². The topological polar surface area (TPSA) is 105 Å². The van der Waals surface area contributed by atoms with Crippen LogP contribution in [0.25, 0.3) is 0 Å². The molecule has 2 heterocycles. The quantitative estimate of drug-likeness (QED) is 0.572. The first-order valence-electron chi connectivity index (χ1n) is 10.5. The molecule has 1 atom stereocenters. The van der Waals surface area contributed by atoms with Crippen LogP contribution in [-0.4, -0.2) is 55.5 Å². The summed E-state index contributed by atoms with van der Waals surface area (Å²) in [4.78, 5) is 18.8. The van der Waals surface area contributed by atoms with Crippen LogP contribution in [0.15, 0.2) is 39.8 Å². The van der Waals surface area contributed by atoms with Crippen molar-refractivity contribution >= 4 is 15.7 Å². The van der Waals surface area contributed by atoms with E-state index in [1.165, 1.54) is 25.0 Å². The highest BCUT2D eigenvalue weighted by Gasteiger charge is 2.19. The molecule has 1 aromatic carbocycles. The molecule has 1 fully saturated rings. The first-order chi connectivity index (χ1) is 14.4. The number of piperidine rings is 1. The van der Waals surface area contributed by atoms with Gasteiger partial charge in [-0.15, -0.1) is 0 Å². The lowest BCUT2D eigenvalue weighted by Crippen LogP contribution is -2.36. The van der Waals surface area contributed by atoms with Crippen LogP contribution in [0.4, 0.5) is 0 Å². The number of carbonyl (C=O) groups excluding carboxylic acids is 1. The predicted molar refractivity (Wildman–Crippen MR) is 112 cm³/mol. The number of hydrogen-bond donors (Lipinski definition) is 1. The number of benzene rings is 1. The van der Waals surface area contributed by atoms with Crippen LogP contribution in [0, 0.1) is 5.92 Å². The third-order valence-corrected chi connectivity index (χ3v) is 6.84. The Balaban J connectivity index is 1.36. The van der Waals surface area contributed by atoms with Gasteiger partial charge in [-0.1, -0.05) is 30.3 Å². The molecule has 2 aromatic rings. The van der Waals surface area contributed by atoms with Crippen molar-refractivity contribution in [2.24, 2.45) is 5.92 Å². The van der Waals surface area contributed by atoms with Crippen molar-refractivity contribution in [3.05, 3.63) is 42.0 Å². The Kier molecular flexibility index (Phi) is 7.98. The van der Waals surface area contributed by atoms with Crippen LogP contribution in [0.2, 0.25) is 0 Å². The number of nitrogens with zero attached hydrogens (tertiary/aromatic N) is 3. The Morgan fingerprint density at radius 1 is 1.30 bits per heavy atom. The third-order valence-electron chi connectivity index (χ3n) is 5.21. The van der Waals surface area contributed by atoms with Gasteiger partial charge in [0.25, 0.3) is 0 Å². The summed E-state index contributed by atoms with van der Waals surface area (Å²) in [6.45, 7) is 6.24. The lowest BCUT2D eigenvalue weighted by molar-refractivity contribution is -0.121. The predicted octanol–water partition coefficient (Wildman–Crippen LogP) is 2.21. The van der Waals surface area contributed by atoms with Gasteiger partial charge in [0.05, 0.1) is 4.90 Å². The summed E-state index contributed by atoms with van der Waals surface area (Å²) in [5.41, 5.74) is 0. The average molecular weight is 435 g/mol. The van der Waals surface area contributed by atoms with Crippen LogP contribution in [0.1, 0.15) is 44.3 Å². The molecule has 1 aliphatic rings. The van der Waals surface area contributed by atoms with Crippen LogP contribution in [-0.2, 0) is 26.8 Å². The zero-order valence-electron chi connectivity index (χ0n) is 17.4. The summed E-state index contributed by atoms with van der Waals surface area (Å²) in [5, 5.41) is 6.65. The molecule has 1 saturated heterocycles. The Morgan fingerprint density at radius 3 is 2.87 bits per heavy atom. The van der Waals surface area contributed by atoms with E-state index in [1.807, 2.05) is 0 Å². The molecule has 1 aromatic heterocycles. The molecular weight excluding hydrogens is 404 g/mol. The largest absolute Gasteiger partial charge is 0.356 e. The van der Waals surface area contributed by atoms with Gasteiger partial charge in [-0.3, -0.25) is 4.79 Å². The van der Waals surface area contributed by atoms with E-state index in [0.717, 1.165) is 32.0 Å². The maximum absolute atomic E-state index is 12.4. The smallest absolute Gasteiger partial charge is 0.227 e. The standard InChI is InChI=1S/C21H30N4O4S/c1-17-7-5-13-25(15-17)14-6-12-22-20(26)10-11-21-23-19(24-29-21)16-30(27,28)18-8-3-2-4-9-18/h2-4,8-9,17H,5-7,10-16H2,1H3,(H,22,26)/t17-/m0/s1. The maximum Gasteiger partial charge on any atom is 0.227 e. The number of nitrogens with one attached hydrogen (secondary N) is 1. The lowest BCUT2D eigenvalue weighted by Gasteiger charge is -2.30. The second-order valence-electron chi connectivity index (χ2n) is 7.93. The summed E-state index contributed by atoms with van der Waals surface area (Å²) in [7, 11) is -3.53. The van der Waals surface area contributed by atoms with E-state index in [4.69, 9.17) is 4.52 Å². The summed E-state index contributed by atoms with van der Waals surface area (Å²) in [5.74, 6) is 0.728. The fourth-order valence-electron chi connectivity index (χ4n) is 3.66. The molecule has 8 nitrogen and oxygen atoms in total. The molecule has 0 saturated carbocycles. The van der Waals surface area contributed by atoms with Crippen molar-refractivity contribution in [3.63, 3.8) is 0 Å². The van der Waals surface area contributed by atoms with Crippen LogP contribution in [0.5, 0.6) is 0 Å². The maximum atomic E-state index is 12.4. The van der Waals surface area contributed by atoms with E-state index in [9.17, 15) is 13.2 Å². The molecule has 0 radical (unpaired) electrons. The molecule has 164 valence electrons. The van der Waals surface area contributed by atoms with Crippen molar-refractivity contribution < 1.29 is 17.7 Å². The van der Waals surface area contributed by atoms with Gasteiger partial charge in [0.2, 0.25) is 11.8 Å². The zero-order chi connectivity index (χ0) is 21.4. The summed E-state index contributed by atoms with van der Waals surface area (Å²) >= 11 is 0. The first-order valence-corrected chi connectivity index (χ1v) is 12.2. The number of amides is 1. The van der Waals surface area contributed by atoms with E-state index in [0.29, 0.717) is 6.54 Å². The summed E-state index contributed by atoms with van der Waals surface area (Å²) < 4.78 is 29.8. The van der Waals surface area contributed by atoms with E-state index in [1.54, 1.807) is 18.2 Å². The minimum absolute atomic E-state index is 0.0707. The first kappa shape index (κ1) is 22.4. The highest BCUT2D eigenvalue weighted by molar-refractivity contribution is 7.90. The Hall–Kier alpha value is -2.26. The number of sulfone groups is 1. The van der Waals surface area contributed by atoms with Gasteiger partial charge in [-0.05, 0) is 50.4 Å². The van der Waals surface area contributed by atoms with Crippen molar-refractivity contribution in [3.8, 4) is 0 Å². The van der Waals surface area contributed by atoms with Crippen molar-refractivity contribution in [1.29, 1.82) is 0 Å². The van der Waals surface area contributed by atoms with Crippen LogP contribution in [0.3, 0.4) is 0 Å². The monoisotopic (exact) mass is 434 g/mol. The van der Waals surface area contributed by atoms with E-state index >= 15 is 0 Å². The van der Waals surface area contributed by atoms with Crippen LogP contribution >= 0.6 is 0 Å². The van der Waals surface area contributed by atoms with E-state index < -0.39 is 9.84 Å². The number of carbonyl (C=O) groups is 1. The highest BCUT2D eigenvalue weighted by atomic mass is 32.2. The fourth-order valence-corrected chi connectivity index (χ4v) is 4.86. The van der Waals surface area contributed by atoms with Crippen molar-refractivity contribution in [2.45, 2.75) is 49.7 Å². The zero-order valence-corrected chi connectivity index (χ0v) is 18.2. The molecule has 0 aliphatic carbocycles. The molecule has 3 rings (SSSR count). The molecule has 1 N–H and O–H groups in total. The number of likely N-dealkylation sites (tertiary alicyclic amines) is 1. The summed E-state index contributed by atoms with van der Waals surface area (Å²) in [6, 6.07) is 8.16. The van der Waals surface area contributed by atoms with E-state index in [-0.39, 0.29) is 41.1 Å². The van der Waals surface area contributed by atoms with Gasteiger partial charge in [0.1, 0.15) is 5.75 Å². The average Bonchev–Trinajstić information content (AvgIpc) is 3.17. The Bertz CT molecular complexity index is 914. The van der Waals surface area contributed by atoms with Crippen LogP contribution < -0.4 is 5.32 Å². The van der Waals surface area contributed by atoms with Crippen molar-refractivity contribution in [1.82, 2.24) is 20.4 Å². The molecule has 0 bridgehead atoms. The van der Waals surface area contributed by atoms with Gasteiger partial charge in [0.15, 0.2) is 15.7 Å². The van der Waals surface area contributed by atoms with Gasteiger partial charge < -0.3 is 14.7 Å². The van der Waals surface area contributed by atoms with Gasteiger partial charge >= 0.3 is 0 Å². The Labute approximate surface area is 178 Å². The number of aromatic nitrogens is 2. The van der Waals surface area contributed by atoms with E-state index in [2.05, 4.69) is 27.3 Å². The number of hydrogen-bond acceptors (Lipinski definition) is 7. The van der Waals surface area contributed by atoms with Gasteiger partial charge in [-0.25, -0.2) is 8.42 Å².